The number of pyridine rings is 1. The van der Waals surface area contributed by atoms with Crippen molar-refractivity contribution < 1.29 is 9.26 Å². The third kappa shape index (κ3) is 2.47. The third-order valence-corrected chi connectivity index (χ3v) is 3.39. The molecule has 0 atom stereocenters. The van der Waals surface area contributed by atoms with Gasteiger partial charge in [0, 0.05) is 23.5 Å². The molecule has 3 heterocycles. The molecule has 0 saturated carbocycles. The number of rotatable bonds is 4. The van der Waals surface area contributed by atoms with Crippen molar-refractivity contribution in [1.29, 1.82) is 0 Å². The van der Waals surface area contributed by atoms with Crippen LogP contribution in [0.3, 0.4) is 0 Å². The molecule has 0 aliphatic heterocycles. The standard InChI is InChI=1S/C15H11N7O2/c1-23-13-3-2-11(8-12(13)22-9-17-20-21-22)15-18-14(19-24-15)10-4-6-16-7-5-10/h2-9H,1H3. The van der Waals surface area contributed by atoms with Crippen LogP contribution in [0, 0.1) is 0 Å². The van der Waals surface area contributed by atoms with Gasteiger partial charge in [0.2, 0.25) is 5.82 Å². The van der Waals surface area contributed by atoms with Gasteiger partial charge in [-0.05, 0) is 40.8 Å². The Hall–Kier alpha value is -3.62. The van der Waals surface area contributed by atoms with Crippen molar-refractivity contribution in [2.24, 2.45) is 0 Å². The number of hydrogen-bond acceptors (Lipinski definition) is 8. The van der Waals surface area contributed by atoms with Gasteiger partial charge in [-0.1, -0.05) is 5.16 Å². The van der Waals surface area contributed by atoms with Gasteiger partial charge in [-0.15, -0.1) is 5.10 Å². The molecule has 9 heteroatoms. The summed E-state index contributed by atoms with van der Waals surface area (Å²) in [5.74, 6) is 1.51. The van der Waals surface area contributed by atoms with E-state index in [0.29, 0.717) is 23.2 Å². The number of benzene rings is 1. The fraction of sp³-hybridized carbons (Fsp3) is 0.0667. The summed E-state index contributed by atoms with van der Waals surface area (Å²) in [7, 11) is 1.58. The van der Waals surface area contributed by atoms with Crippen LogP contribution in [-0.4, -0.2) is 42.4 Å². The summed E-state index contributed by atoms with van der Waals surface area (Å²) >= 11 is 0. The minimum Gasteiger partial charge on any atom is -0.494 e. The topological polar surface area (TPSA) is 105 Å². The van der Waals surface area contributed by atoms with Gasteiger partial charge in [0.25, 0.3) is 5.89 Å². The Balaban J connectivity index is 1.75. The van der Waals surface area contributed by atoms with Crippen molar-refractivity contribution in [2.45, 2.75) is 0 Å². The lowest BCUT2D eigenvalue weighted by molar-refractivity contribution is 0.411. The molecule has 0 aliphatic rings. The highest BCUT2D eigenvalue weighted by Gasteiger charge is 2.14. The van der Waals surface area contributed by atoms with Crippen LogP contribution in [0.4, 0.5) is 0 Å². The van der Waals surface area contributed by atoms with Crippen LogP contribution in [-0.2, 0) is 0 Å². The zero-order chi connectivity index (χ0) is 16.4. The smallest absolute Gasteiger partial charge is 0.258 e. The van der Waals surface area contributed by atoms with Crippen LogP contribution in [0.2, 0.25) is 0 Å². The Morgan fingerprint density at radius 2 is 1.96 bits per heavy atom. The summed E-state index contributed by atoms with van der Waals surface area (Å²) in [4.78, 5) is 8.39. The molecule has 0 amide bonds. The van der Waals surface area contributed by atoms with Crippen LogP contribution in [0.5, 0.6) is 5.75 Å². The maximum atomic E-state index is 5.37. The lowest BCUT2D eigenvalue weighted by Gasteiger charge is -2.07. The monoisotopic (exact) mass is 321 g/mol. The van der Waals surface area contributed by atoms with E-state index >= 15 is 0 Å². The molecule has 0 radical (unpaired) electrons. The first-order valence-corrected chi connectivity index (χ1v) is 7.01. The zero-order valence-corrected chi connectivity index (χ0v) is 12.6. The summed E-state index contributed by atoms with van der Waals surface area (Å²) in [5, 5.41) is 15.2. The van der Waals surface area contributed by atoms with E-state index in [4.69, 9.17) is 9.26 Å². The van der Waals surface area contributed by atoms with Gasteiger partial charge in [-0.3, -0.25) is 4.98 Å². The predicted molar refractivity (Wildman–Crippen MR) is 82.2 cm³/mol. The molecular weight excluding hydrogens is 310 g/mol. The number of aromatic nitrogens is 7. The SMILES string of the molecule is COc1ccc(-c2nc(-c3ccncc3)no2)cc1-n1cnnn1. The molecule has 4 aromatic rings. The number of hydrogen-bond donors (Lipinski definition) is 0. The predicted octanol–water partition coefficient (Wildman–Crippen LogP) is 1.78. The Bertz CT molecular complexity index is 951. The van der Waals surface area contributed by atoms with E-state index in [2.05, 4.69) is 30.7 Å². The first kappa shape index (κ1) is 14.0. The second-order valence-corrected chi connectivity index (χ2v) is 4.80. The van der Waals surface area contributed by atoms with E-state index in [1.165, 1.54) is 11.0 Å². The second kappa shape index (κ2) is 5.88. The first-order valence-electron chi connectivity index (χ1n) is 7.01. The normalized spacial score (nSPS) is 10.7. The van der Waals surface area contributed by atoms with Crippen LogP contribution >= 0.6 is 0 Å². The number of tetrazole rings is 1. The third-order valence-electron chi connectivity index (χ3n) is 3.39. The van der Waals surface area contributed by atoms with Gasteiger partial charge in [0.05, 0.1) is 7.11 Å². The molecule has 0 fully saturated rings. The quantitative estimate of drug-likeness (QED) is 0.560. The Labute approximate surface area is 135 Å². The van der Waals surface area contributed by atoms with Crippen molar-refractivity contribution >= 4 is 0 Å². The summed E-state index contributed by atoms with van der Waals surface area (Å²) in [6, 6.07) is 9.07. The molecule has 0 spiro atoms. The molecular formula is C15H11N7O2. The minimum absolute atomic E-state index is 0.388. The van der Waals surface area contributed by atoms with E-state index in [1.54, 1.807) is 25.6 Å². The van der Waals surface area contributed by atoms with Crippen LogP contribution < -0.4 is 4.74 Å². The number of ether oxygens (including phenoxy) is 1. The highest BCUT2D eigenvalue weighted by molar-refractivity contribution is 5.64. The summed E-state index contributed by atoms with van der Waals surface area (Å²) in [6.07, 6.45) is 4.83. The van der Waals surface area contributed by atoms with Crippen molar-refractivity contribution in [3.05, 3.63) is 49.1 Å². The highest BCUT2D eigenvalue weighted by Crippen LogP contribution is 2.29. The van der Waals surface area contributed by atoms with Crippen LogP contribution in [0.1, 0.15) is 0 Å². The Morgan fingerprint density at radius 1 is 1.08 bits per heavy atom. The van der Waals surface area contributed by atoms with Crippen molar-refractivity contribution in [1.82, 2.24) is 35.3 Å². The molecule has 9 nitrogen and oxygen atoms in total. The zero-order valence-electron chi connectivity index (χ0n) is 12.6. The van der Waals surface area contributed by atoms with E-state index in [-0.39, 0.29) is 0 Å². The second-order valence-electron chi connectivity index (χ2n) is 4.80. The van der Waals surface area contributed by atoms with E-state index in [0.717, 1.165) is 11.1 Å². The van der Waals surface area contributed by atoms with Gasteiger partial charge < -0.3 is 9.26 Å². The maximum absolute atomic E-state index is 5.37. The minimum atomic E-state index is 0.388. The van der Waals surface area contributed by atoms with Gasteiger partial charge in [0.1, 0.15) is 17.8 Å². The lowest BCUT2D eigenvalue weighted by atomic mass is 10.2. The van der Waals surface area contributed by atoms with Crippen LogP contribution in [0.25, 0.3) is 28.5 Å². The summed E-state index contributed by atoms with van der Waals surface area (Å²) in [5.41, 5.74) is 2.23. The number of methoxy groups -OCH3 is 1. The molecule has 118 valence electrons. The van der Waals surface area contributed by atoms with Gasteiger partial charge in [0.15, 0.2) is 0 Å². The van der Waals surface area contributed by atoms with Gasteiger partial charge in [-0.25, -0.2) is 0 Å². The molecule has 0 unspecified atom stereocenters. The molecule has 1 aromatic carbocycles. The van der Waals surface area contributed by atoms with Crippen molar-refractivity contribution in [2.75, 3.05) is 7.11 Å². The van der Waals surface area contributed by atoms with E-state index in [1.807, 2.05) is 24.3 Å². The maximum Gasteiger partial charge on any atom is 0.258 e. The summed E-state index contributed by atoms with van der Waals surface area (Å²) in [6.45, 7) is 0. The molecule has 0 bridgehead atoms. The Kier molecular flexibility index (Phi) is 3.43. The van der Waals surface area contributed by atoms with E-state index in [9.17, 15) is 0 Å². The molecule has 0 N–H and O–H groups in total. The van der Waals surface area contributed by atoms with Gasteiger partial charge >= 0.3 is 0 Å². The first-order chi connectivity index (χ1) is 11.8. The van der Waals surface area contributed by atoms with Crippen molar-refractivity contribution in [3.8, 4) is 34.3 Å². The van der Waals surface area contributed by atoms with Gasteiger partial charge in [-0.2, -0.15) is 9.67 Å². The number of nitrogens with zero attached hydrogens (tertiary/aromatic N) is 7. The average Bonchev–Trinajstić information content (AvgIpc) is 3.34. The average molecular weight is 321 g/mol. The fourth-order valence-corrected chi connectivity index (χ4v) is 2.23. The largest absolute Gasteiger partial charge is 0.494 e. The van der Waals surface area contributed by atoms with E-state index < -0.39 is 0 Å². The molecule has 3 aromatic heterocycles. The molecule has 0 aliphatic carbocycles. The fourth-order valence-electron chi connectivity index (χ4n) is 2.23. The highest BCUT2D eigenvalue weighted by atomic mass is 16.5. The van der Waals surface area contributed by atoms with Crippen LogP contribution in [0.15, 0.2) is 53.6 Å². The summed E-state index contributed by atoms with van der Waals surface area (Å²) < 4.78 is 12.2. The lowest BCUT2D eigenvalue weighted by Crippen LogP contribution is -1.99. The molecule has 24 heavy (non-hydrogen) atoms. The van der Waals surface area contributed by atoms with Crippen molar-refractivity contribution in [3.63, 3.8) is 0 Å². The molecule has 0 saturated heterocycles. The Morgan fingerprint density at radius 3 is 2.71 bits per heavy atom. The molecule has 4 rings (SSSR count).